The quantitative estimate of drug-likeness (QED) is 0.775. The number of nitrogens with zero attached hydrogens (tertiary/aromatic N) is 1. The van der Waals surface area contributed by atoms with Crippen LogP contribution in [0, 0.1) is 6.92 Å². The Labute approximate surface area is 127 Å². The normalized spacial score (nSPS) is 10.8. The van der Waals surface area contributed by atoms with Crippen LogP contribution in [0.25, 0.3) is 10.8 Å². The third-order valence-corrected chi connectivity index (χ3v) is 3.51. The lowest BCUT2D eigenvalue weighted by Crippen LogP contribution is -1.95. The van der Waals surface area contributed by atoms with E-state index >= 15 is 0 Å². The molecule has 0 amide bonds. The van der Waals surface area contributed by atoms with E-state index in [-0.39, 0.29) is 6.61 Å². The fourth-order valence-corrected chi connectivity index (χ4v) is 2.45. The molecule has 1 heterocycles. The molecule has 0 unspecified atom stereocenters. The Morgan fingerprint density at radius 3 is 2.71 bits per heavy atom. The molecule has 0 aliphatic carbocycles. The standard InChI is InChI=1S/C17H14ClNO2/c1-11-6-7-16(15(18)8-11)21-17-14-5-3-2-4-12(14)9-13(10-20)19-17/h2-9,20H,10H2,1H3. The first-order chi connectivity index (χ1) is 10.2. The van der Waals surface area contributed by atoms with Crippen LogP contribution in [0.5, 0.6) is 11.6 Å². The Kier molecular flexibility index (Phi) is 3.78. The molecule has 3 nitrogen and oxygen atoms in total. The summed E-state index contributed by atoms with van der Waals surface area (Å²) in [4.78, 5) is 4.35. The maximum Gasteiger partial charge on any atom is 0.227 e. The maximum atomic E-state index is 9.33. The van der Waals surface area contributed by atoms with Crippen LogP contribution in [0.2, 0.25) is 5.02 Å². The number of aromatic nitrogens is 1. The molecule has 0 atom stereocenters. The zero-order valence-corrected chi connectivity index (χ0v) is 12.3. The molecule has 106 valence electrons. The van der Waals surface area contributed by atoms with Crippen molar-refractivity contribution in [3.8, 4) is 11.6 Å². The van der Waals surface area contributed by atoms with E-state index in [0.29, 0.717) is 22.3 Å². The number of hydrogen-bond acceptors (Lipinski definition) is 3. The van der Waals surface area contributed by atoms with Crippen LogP contribution < -0.4 is 4.74 Å². The molecule has 2 aromatic carbocycles. The van der Waals surface area contributed by atoms with Gasteiger partial charge in [-0.25, -0.2) is 4.98 Å². The minimum absolute atomic E-state index is 0.136. The molecule has 0 saturated carbocycles. The summed E-state index contributed by atoms with van der Waals surface area (Å²) in [5.74, 6) is 0.998. The highest BCUT2D eigenvalue weighted by molar-refractivity contribution is 6.32. The van der Waals surface area contributed by atoms with Crippen molar-refractivity contribution in [2.24, 2.45) is 0 Å². The number of aryl methyl sites for hydroxylation is 1. The van der Waals surface area contributed by atoms with Gasteiger partial charge in [-0.1, -0.05) is 35.9 Å². The smallest absolute Gasteiger partial charge is 0.227 e. The van der Waals surface area contributed by atoms with E-state index in [9.17, 15) is 5.11 Å². The van der Waals surface area contributed by atoms with Crippen LogP contribution in [-0.4, -0.2) is 10.1 Å². The van der Waals surface area contributed by atoms with Crippen LogP contribution in [0.1, 0.15) is 11.3 Å². The van der Waals surface area contributed by atoms with Crippen molar-refractivity contribution < 1.29 is 9.84 Å². The fourth-order valence-electron chi connectivity index (χ4n) is 2.17. The molecule has 4 heteroatoms. The second-order valence-electron chi connectivity index (χ2n) is 4.83. The number of benzene rings is 2. The molecule has 0 aliphatic rings. The average molecular weight is 300 g/mol. The van der Waals surface area contributed by atoms with Crippen LogP contribution in [0.3, 0.4) is 0 Å². The van der Waals surface area contributed by atoms with Gasteiger partial charge < -0.3 is 9.84 Å². The van der Waals surface area contributed by atoms with Gasteiger partial charge in [0.1, 0.15) is 5.75 Å². The predicted octanol–water partition coefficient (Wildman–Crippen LogP) is 4.48. The zero-order valence-electron chi connectivity index (χ0n) is 11.5. The van der Waals surface area contributed by atoms with Crippen molar-refractivity contribution in [1.82, 2.24) is 4.98 Å². The highest BCUT2D eigenvalue weighted by atomic mass is 35.5. The van der Waals surface area contributed by atoms with Crippen LogP contribution in [0.15, 0.2) is 48.5 Å². The lowest BCUT2D eigenvalue weighted by Gasteiger charge is -2.11. The van der Waals surface area contributed by atoms with E-state index in [1.807, 2.05) is 55.5 Å². The van der Waals surface area contributed by atoms with Crippen LogP contribution in [0.4, 0.5) is 0 Å². The molecule has 0 fully saturated rings. The van der Waals surface area contributed by atoms with Crippen LogP contribution >= 0.6 is 11.6 Å². The monoisotopic (exact) mass is 299 g/mol. The Morgan fingerprint density at radius 1 is 1.14 bits per heavy atom. The van der Waals surface area contributed by atoms with Crippen molar-refractivity contribution in [1.29, 1.82) is 0 Å². The maximum absolute atomic E-state index is 9.33. The topological polar surface area (TPSA) is 42.4 Å². The molecule has 1 aromatic heterocycles. The fraction of sp³-hybridized carbons (Fsp3) is 0.118. The van der Waals surface area contributed by atoms with E-state index in [0.717, 1.165) is 16.3 Å². The lowest BCUT2D eigenvalue weighted by atomic mass is 10.1. The molecule has 0 bridgehead atoms. The molecule has 0 saturated heterocycles. The predicted molar refractivity (Wildman–Crippen MR) is 83.9 cm³/mol. The zero-order chi connectivity index (χ0) is 14.8. The summed E-state index contributed by atoms with van der Waals surface area (Å²) in [6.07, 6.45) is 0. The Balaban J connectivity index is 2.10. The molecule has 21 heavy (non-hydrogen) atoms. The summed E-state index contributed by atoms with van der Waals surface area (Å²) >= 11 is 6.20. The van der Waals surface area contributed by atoms with Gasteiger partial charge in [-0.3, -0.25) is 0 Å². The summed E-state index contributed by atoms with van der Waals surface area (Å²) in [6.45, 7) is 1.83. The summed E-state index contributed by atoms with van der Waals surface area (Å²) < 4.78 is 5.87. The molecule has 3 rings (SSSR count). The second kappa shape index (κ2) is 5.72. The van der Waals surface area contributed by atoms with Gasteiger partial charge in [-0.2, -0.15) is 0 Å². The van der Waals surface area contributed by atoms with Gasteiger partial charge in [-0.05, 0) is 42.1 Å². The number of rotatable bonds is 3. The summed E-state index contributed by atoms with van der Waals surface area (Å²) in [7, 11) is 0. The van der Waals surface area contributed by atoms with Crippen molar-refractivity contribution in [2.45, 2.75) is 13.5 Å². The van der Waals surface area contributed by atoms with Crippen molar-refractivity contribution in [3.05, 3.63) is 64.8 Å². The molecular formula is C17H14ClNO2. The third-order valence-electron chi connectivity index (χ3n) is 3.21. The van der Waals surface area contributed by atoms with Gasteiger partial charge in [0.05, 0.1) is 17.3 Å². The Morgan fingerprint density at radius 2 is 1.95 bits per heavy atom. The summed E-state index contributed by atoms with van der Waals surface area (Å²) in [5, 5.41) is 11.7. The molecule has 0 aliphatic heterocycles. The van der Waals surface area contributed by atoms with Gasteiger partial charge in [0.25, 0.3) is 0 Å². The third kappa shape index (κ3) is 2.84. The molecule has 0 spiro atoms. The number of halogens is 1. The van der Waals surface area contributed by atoms with Gasteiger partial charge in [-0.15, -0.1) is 0 Å². The van der Waals surface area contributed by atoms with Crippen molar-refractivity contribution in [2.75, 3.05) is 0 Å². The highest BCUT2D eigenvalue weighted by Crippen LogP contribution is 2.33. The first-order valence-corrected chi connectivity index (χ1v) is 6.98. The Bertz CT molecular complexity index is 802. The number of pyridine rings is 1. The van der Waals surface area contributed by atoms with Gasteiger partial charge >= 0.3 is 0 Å². The van der Waals surface area contributed by atoms with Gasteiger partial charge in [0, 0.05) is 5.39 Å². The number of fused-ring (bicyclic) bond motifs is 1. The first-order valence-electron chi connectivity index (χ1n) is 6.61. The molecule has 3 aromatic rings. The van der Waals surface area contributed by atoms with Crippen molar-refractivity contribution in [3.63, 3.8) is 0 Å². The largest absolute Gasteiger partial charge is 0.437 e. The minimum atomic E-state index is -0.136. The van der Waals surface area contributed by atoms with E-state index in [4.69, 9.17) is 16.3 Å². The molecular weight excluding hydrogens is 286 g/mol. The van der Waals surface area contributed by atoms with Crippen molar-refractivity contribution >= 4 is 22.4 Å². The highest BCUT2D eigenvalue weighted by Gasteiger charge is 2.10. The number of ether oxygens (including phenoxy) is 1. The number of aliphatic hydroxyl groups excluding tert-OH is 1. The Hall–Kier alpha value is -2.10. The van der Waals surface area contributed by atoms with E-state index in [2.05, 4.69) is 4.98 Å². The minimum Gasteiger partial charge on any atom is -0.437 e. The average Bonchev–Trinajstić information content (AvgIpc) is 2.49. The lowest BCUT2D eigenvalue weighted by molar-refractivity contribution is 0.275. The van der Waals surface area contributed by atoms with E-state index in [1.165, 1.54) is 0 Å². The first kappa shape index (κ1) is 13.9. The van der Waals surface area contributed by atoms with Gasteiger partial charge in [0.2, 0.25) is 5.88 Å². The van der Waals surface area contributed by atoms with E-state index in [1.54, 1.807) is 0 Å². The number of hydrogen-bond donors (Lipinski definition) is 1. The molecule has 0 radical (unpaired) electrons. The van der Waals surface area contributed by atoms with Gasteiger partial charge in [0.15, 0.2) is 0 Å². The molecule has 1 N–H and O–H groups in total. The summed E-state index contributed by atoms with van der Waals surface area (Å²) in [6, 6.07) is 15.2. The SMILES string of the molecule is Cc1ccc(Oc2nc(CO)cc3ccccc23)c(Cl)c1. The second-order valence-corrected chi connectivity index (χ2v) is 5.24. The summed E-state index contributed by atoms with van der Waals surface area (Å²) in [5.41, 5.74) is 1.63. The number of aliphatic hydroxyl groups is 1. The van der Waals surface area contributed by atoms with Crippen LogP contribution in [-0.2, 0) is 6.61 Å². The van der Waals surface area contributed by atoms with E-state index < -0.39 is 0 Å².